The summed E-state index contributed by atoms with van der Waals surface area (Å²) < 4.78 is 12.2. The minimum atomic E-state index is -1.18. The number of carbonyl (C=O) groups is 2. The number of ketones is 1. The molecule has 1 atom stereocenters. The fourth-order valence-electron chi connectivity index (χ4n) is 4.87. The van der Waals surface area contributed by atoms with Gasteiger partial charge in [-0.15, -0.1) is 5.10 Å². The van der Waals surface area contributed by atoms with Gasteiger partial charge in [0.25, 0.3) is 5.69 Å². The summed E-state index contributed by atoms with van der Waals surface area (Å²) in [4.78, 5) is 49.1. The molecule has 4 aromatic rings. The van der Waals surface area contributed by atoms with Gasteiger partial charge in [-0.3, -0.25) is 14.9 Å². The summed E-state index contributed by atoms with van der Waals surface area (Å²) in [6.07, 6.45) is 0.859. The Bertz CT molecular complexity index is 1850. The fourth-order valence-corrected chi connectivity index (χ4v) is 6.02. The second-order valence-corrected chi connectivity index (χ2v) is 12.4. The predicted molar refractivity (Wildman–Crippen MR) is 173 cm³/mol. The maximum Gasteiger partial charge on any atom is 0.348 e. The van der Waals surface area contributed by atoms with Crippen molar-refractivity contribution in [3.8, 4) is 17.2 Å². The summed E-state index contributed by atoms with van der Waals surface area (Å²) in [6, 6.07) is 13.3. The van der Waals surface area contributed by atoms with Crippen LogP contribution in [-0.4, -0.2) is 49.8 Å². The second-order valence-electron chi connectivity index (χ2n) is 11.0. The van der Waals surface area contributed by atoms with Gasteiger partial charge in [0.2, 0.25) is 5.16 Å². The van der Waals surface area contributed by atoms with Crippen LogP contribution in [0.25, 0.3) is 5.69 Å². The van der Waals surface area contributed by atoms with Crippen LogP contribution in [0.4, 0.5) is 5.69 Å². The first-order chi connectivity index (χ1) is 21.8. The lowest BCUT2D eigenvalue weighted by Gasteiger charge is -2.34. The molecular weight excluding hydrogens is 636 g/mol. The topological polar surface area (TPSA) is 167 Å². The number of nitrogens with zero attached hydrogens (tertiary/aromatic N) is 3. The standard InChI is InChI=1S/C32H33ClN4O8S/c1-6-18(3)32(4,5)22-15-26(44-7-2)23(33)16-24(22)36-30(41)34-35-31(36)46-27-12-11-20(14-25(27)37(42)43)29(40)19-9-8-10-21(13-19)45-17-28(38)39/h8-16,18H,6-7,17H2,1-5H3,(H,34,41)(H,38,39). The van der Waals surface area contributed by atoms with Gasteiger partial charge in [0.1, 0.15) is 11.5 Å². The third-order valence-electron chi connectivity index (χ3n) is 7.85. The monoisotopic (exact) mass is 668 g/mol. The Morgan fingerprint density at radius 2 is 1.85 bits per heavy atom. The molecule has 0 bridgehead atoms. The molecule has 0 saturated carbocycles. The van der Waals surface area contributed by atoms with E-state index in [0.29, 0.717) is 18.0 Å². The van der Waals surface area contributed by atoms with Crippen molar-refractivity contribution in [3.63, 3.8) is 0 Å². The van der Waals surface area contributed by atoms with E-state index in [2.05, 4.69) is 37.9 Å². The number of halogens is 1. The molecule has 0 aliphatic rings. The van der Waals surface area contributed by atoms with Crippen molar-refractivity contribution in [1.29, 1.82) is 0 Å². The Balaban J connectivity index is 1.77. The number of hydrogen-bond donors (Lipinski definition) is 2. The number of ether oxygens (including phenoxy) is 2. The highest BCUT2D eigenvalue weighted by molar-refractivity contribution is 7.99. The molecule has 0 radical (unpaired) electrons. The number of rotatable bonds is 14. The molecule has 0 amide bonds. The Hall–Kier alpha value is -4.62. The summed E-state index contributed by atoms with van der Waals surface area (Å²) in [5, 5.41) is 28.1. The molecule has 4 rings (SSSR count). The summed E-state index contributed by atoms with van der Waals surface area (Å²) >= 11 is 7.48. The first kappa shape index (κ1) is 34.3. The molecule has 2 N–H and O–H groups in total. The van der Waals surface area contributed by atoms with E-state index in [1.807, 2.05) is 13.0 Å². The number of carboxylic acids is 1. The van der Waals surface area contributed by atoms with Crippen molar-refractivity contribution >= 4 is 40.8 Å². The Morgan fingerprint density at radius 1 is 1.13 bits per heavy atom. The average Bonchev–Trinajstić information content (AvgIpc) is 3.39. The van der Waals surface area contributed by atoms with Crippen LogP contribution in [-0.2, 0) is 10.2 Å². The molecule has 46 heavy (non-hydrogen) atoms. The van der Waals surface area contributed by atoms with Gasteiger partial charge >= 0.3 is 11.7 Å². The number of nitro benzene ring substituents is 1. The third kappa shape index (κ3) is 7.26. The number of aromatic amines is 1. The predicted octanol–water partition coefficient (Wildman–Crippen LogP) is 6.69. The van der Waals surface area contributed by atoms with Gasteiger partial charge in [-0.1, -0.05) is 57.8 Å². The molecule has 14 heteroatoms. The Morgan fingerprint density at radius 3 is 2.50 bits per heavy atom. The van der Waals surface area contributed by atoms with E-state index in [4.69, 9.17) is 26.2 Å². The third-order valence-corrected chi connectivity index (χ3v) is 9.17. The van der Waals surface area contributed by atoms with Crippen LogP contribution in [0, 0.1) is 16.0 Å². The number of hydrogen-bond acceptors (Lipinski definition) is 9. The quantitative estimate of drug-likeness (QED) is 0.0839. The van der Waals surface area contributed by atoms with Crippen molar-refractivity contribution in [2.75, 3.05) is 13.2 Å². The lowest BCUT2D eigenvalue weighted by molar-refractivity contribution is -0.387. The molecule has 0 fully saturated rings. The van der Waals surface area contributed by atoms with Crippen molar-refractivity contribution < 1.29 is 29.1 Å². The van der Waals surface area contributed by atoms with Gasteiger partial charge in [-0.2, -0.15) is 0 Å². The number of carboxylic acid groups (broad SMARTS) is 1. The van der Waals surface area contributed by atoms with E-state index < -0.39 is 34.4 Å². The van der Waals surface area contributed by atoms with E-state index in [9.17, 15) is 24.5 Å². The molecule has 0 aliphatic carbocycles. The van der Waals surface area contributed by atoms with Crippen molar-refractivity contribution in [3.05, 3.63) is 96.9 Å². The smallest absolute Gasteiger partial charge is 0.348 e. The summed E-state index contributed by atoms with van der Waals surface area (Å²) in [6.45, 7) is 9.96. The van der Waals surface area contributed by atoms with Gasteiger partial charge in [0.05, 0.1) is 27.1 Å². The van der Waals surface area contributed by atoms with Crippen LogP contribution in [0.2, 0.25) is 5.02 Å². The molecule has 0 aliphatic heterocycles. The van der Waals surface area contributed by atoms with Crippen LogP contribution in [0.15, 0.2) is 69.4 Å². The number of carbonyl (C=O) groups excluding carboxylic acids is 1. The van der Waals surface area contributed by atoms with Gasteiger partial charge in [-0.05, 0) is 72.0 Å². The Labute approximate surface area is 273 Å². The van der Waals surface area contributed by atoms with Gasteiger partial charge in [0, 0.05) is 17.2 Å². The normalized spacial score (nSPS) is 12.0. The average molecular weight is 669 g/mol. The summed E-state index contributed by atoms with van der Waals surface area (Å²) in [5.41, 5.74) is 0.0431. The van der Waals surface area contributed by atoms with Crippen molar-refractivity contribution in [1.82, 2.24) is 14.8 Å². The van der Waals surface area contributed by atoms with Crippen LogP contribution >= 0.6 is 23.4 Å². The lowest BCUT2D eigenvalue weighted by Crippen LogP contribution is -2.29. The maximum atomic E-state index is 13.3. The van der Waals surface area contributed by atoms with Gasteiger partial charge < -0.3 is 14.6 Å². The SMILES string of the molecule is CCOc1cc(C(C)(C)C(C)CC)c(-n2c(Sc3ccc(C(=O)c4cccc(OCC(=O)O)c4)cc3[N+](=O)[O-])n[nH]c2=O)cc1Cl. The molecule has 1 heterocycles. The molecule has 242 valence electrons. The highest BCUT2D eigenvalue weighted by Gasteiger charge is 2.33. The molecule has 0 saturated heterocycles. The first-order valence-electron chi connectivity index (χ1n) is 14.4. The molecule has 3 aromatic carbocycles. The zero-order chi connectivity index (χ0) is 33.8. The van der Waals surface area contributed by atoms with Crippen LogP contribution in [0.3, 0.4) is 0 Å². The van der Waals surface area contributed by atoms with E-state index >= 15 is 0 Å². The minimum absolute atomic E-state index is 0.0294. The van der Waals surface area contributed by atoms with E-state index in [0.717, 1.165) is 29.8 Å². The zero-order valence-electron chi connectivity index (χ0n) is 25.8. The summed E-state index contributed by atoms with van der Waals surface area (Å²) in [5.74, 6) is -0.880. The highest BCUT2D eigenvalue weighted by Crippen LogP contribution is 2.43. The van der Waals surface area contributed by atoms with Crippen molar-refractivity contribution in [2.45, 2.75) is 56.5 Å². The fraction of sp³-hybridized carbons (Fsp3) is 0.312. The van der Waals surface area contributed by atoms with Crippen LogP contribution in [0.1, 0.15) is 62.5 Å². The zero-order valence-corrected chi connectivity index (χ0v) is 27.4. The largest absolute Gasteiger partial charge is 0.492 e. The second kappa shape index (κ2) is 14.2. The van der Waals surface area contributed by atoms with Crippen LogP contribution < -0.4 is 15.2 Å². The number of benzene rings is 3. The van der Waals surface area contributed by atoms with Crippen molar-refractivity contribution in [2.24, 2.45) is 5.92 Å². The lowest BCUT2D eigenvalue weighted by atomic mass is 9.72. The first-order valence-corrected chi connectivity index (χ1v) is 15.6. The number of nitro groups is 1. The molecular formula is C32H33ClN4O8S. The molecule has 1 unspecified atom stereocenters. The number of H-pyrrole nitrogens is 1. The van der Waals surface area contributed by atoms with E-state index in [-0.39, 0.29) is 43.6 Å². The highest BCUT2D eigenvalue weighted by atomic mass is 35.5. The van der Waals surface area contributed by atoms with Gasteiger partial charge in [-0.25, -0.2) is 19.3 Å². The Kier molecular flexibility index (Phi) is 10.6. The van der Waals surface area contributed by atoms with Crippen LogP contribution in [0.5, 0.6) is 11.5 Å². The van der Waals surface area contributed by atoms with E-state index in [1.54, 1.807) is 6.07 Å². The maximum absolute atomic E-state index is 13.3. The van der Waals surface area contributed by atoms with Gasteiger partial charge in [0.15, 0.2) is 12.4 Å². The number of aromatic nitrogens is 3. The molecule has 1 aromatic heterocycles. The number of aliphatic carboxylic acids is 1. The number of nitrogens with one attached hydrogen (secondary N) is 1. The van der Waals surface area contributed by atoms with E-state index in [1.165, 1.54) is 41.0 Å². The molecule has 12 nitrogen and oxygen atoms in total. The minimum Gasteiger partial charge on any atom is -0.492 e. The summed E-state index contributed by atoms with van der Waals surface area (Å²) in [7, 11) is 0. The molecule has 0 spiro atoms.